The molecule has 0 bridgehead atoms. The Hall–Kier alpha value is -1.27. The lowest BCUT2D eigenvalue weighted by atomic mass is 9.89. The topological polar surface area (TPSA) is 70.5 Å². The van der Waals surface area contributed by atoms with E-state index < -0.39 is 0 Å². The highest BCUT2D eigenvalue weighted by atomic mass is 35.5. The van der Waals surface area contributed by atoms with E-state index in [1.165, 1.54) is 19.3 Å². The van der Waals surface area contributed by atoms with Crippen LogP contribution in [0.3, 0.4) is 0 Å². The van der Waals surface area contributed by atoms with Crippen molar-refractivity contribution in [3.8, 4) is 0 Å². The molecular formula is C19H30ClN5. The molecule has 1 saturated carbocycles. The van der Waals surface area contributed by atoms with Gasteiger partial charge in [0.25, 0.3) is 0 Å². The van der Waals surface area contributed by atoms with Gasteiger partial charge in [-0.15, -0.1) is 0 Å². The fraction of sp³-hybridized carbons (Fsp3) is 0.579. The molecule has 1 aromatic carbocycles. The van der Waals surface area contributed by atoms with Gasteiger partial charge in [0.15, 0.2) is 0 Å². The maximum Gasteiger partial charge on any atom is 0.0736 e. The molecule has 1 unspecified atom stereocenters. The van der Waals surface area contributed by atoms with E-state index in [0.717, 1.165) is 42.6 Å². The number of halogens is 1. The molecule has 0 radical (unpaired) electrons. The molecule has 1 aromatic rings. The highest BCUT2D eigenvalue weighted by Gasteiger charge is 2.30. The third-order valence-corrected chi connectivity index (χ3v) is 5.89. The second kappa shape index (κ2) is 8.41. The predicted octanol–water partition coefficient (Wildman–Crippen LogP) is 2.59. The number of benzene rings is 1. The molecule has 5 N–H and O–H groups in total. The molecule has 0 amide bonds. The minimum Gasteiger partial charge on any atom is -0.399 e. The van der Waals surface area contributed by atoms with Gasteiger partial charge in [-0.2, -0.15) is 0 Å². The molecule has 2 aliphatic rings. The first kappa shape index (κ1) is 18.5. The molecule has 6 heteroatoms. The molecule has 1 atom stereocenters. The summed E-state index contributed by atoms with van der Waals surface area (Å²) in [6.45, 7) is 2.28. The van der Waals surface area contributed by atoms with Gasteiger partial charge < -0.3 is 21.0 Å². The van der Waals surface area contributed by atoms with Gasteiger partial charge in [0.05, 0.1) is 6.04 Å². The maximum atomic E-state index is 6.35. The van der Waals surface area contributed by atoms with Crippen LogP contribution in [0.4, 0.5) is 0 Å². The smallest absolute Gasteiger partial charge is 0.0736 e. The van der Waals surface area contributed by atoms with Crippen molar-refractivity contribution in [2.24, 2.45) is 11.6 Å². The van der Waals surface area contributed by atoms with E-state index in [9.17, 15) is 0 Å². The summed E-state index contributed by atoms with van der Waals surface area (Å²) in [4.78, 5) is 2.63. The van der Waals surface area contributed by atoms with E-state index in [2.05, 4.69) is 10.2 Å². The van der Waals surface area contributed by atoms with Gasteiger partial charge in [-0.1, -0.05) is 30.2 Å². The molecule has 1 saturated heterocycles. The summed E-state index contributed by atoms with van der Waals surface area (Å²) in [5.41, 5.74) is 8.14. The number of rotatable bonds is 6. The van der Waals surface area contributed by atoms with Gasteiger partial charge in [-0.05, 0) is 50.4 Å². The van der Waals surface area contributed by atoms with Gasteiger partial charge in [0.2, 0.25) is 0 Å². The fourth-order valence-electron chi connectivity index (χ4n) is 3.83. The summed E-state index contributed by atoms with van der Waals surface area (Å²) in [6, 6.07) is 8.85. The van der Waals surface area contributed by atoms with Crippen LogP contribution in [-0.4, -0.2) is 42.1 Å². The molecule has 1 aliphatic carbocycles. The number of likely N-dealkylation sites (N-methyl/N-ethyl adjacent to an activating group) is 1. The van der Waals surface area contributed by atoms with E-state index in [-0.39, 0.29) is 6.04 Å². The van der Waals surface area contributed by atoms with Crippen LogP contribution >= 0.6 is 11.6 Å². The predicted molar refractivity (Wildman–Crippen MR) is 104 cm³/mol. The van der Waals surface area contributed by atoms with Crippen molar-refractivity contribution < 1.29 is 0 Å². The number of piperidine rings is 1. The zero-order valence-electron chi connectivity index (χ0n) is 15.0. The van der Waals surface area contributed by atoms with Crippen LogP contribution in [0.1, 0.15) is 43.7 Å². The monoisotopic (exact) mass is 363 g/mol. The van der Waals surface area contributed by atoms with Crippen LogP contribution in [0, 0.1) is 0 Å². The Morgan fingerprint density at radius 2 is 1.88 bits per heavy atom. The van der Waals surface area contributed by atoms with E-state index in [1.807, 2.05) is 42.5 Å². The van der Waals surface area contributed by atoms with Crippen molar-refractivity contribution >= 4 is 11.6 Å². The number of hydrazine groups is 1. The Balaban J connectivity index is 1.59. The van der Waals surface area contributed by atoms with Gasteiger partial charge in [0, 0.05) is 42.1 Å². The van der Waals surface area contributed by atoms with Crippen LogP contribution in [0.15, 0.2) is 36.2 Å². The summed E-state index contributed by atoms with van der Waals surface area (Å²) in [6.07, 6.45) is 8.22. The Labute approximate surface area is 155 Å². The molecule has 25 heavy (non-hydrogen) atoms. The third kappa shape index (κ3) is 4.47. The Bertz CT molecular complexity index is 576. The average Bonchev–Trinajstić information content (AvgIpc) is 2.56. The number of nitrogens with two attached hydrogens (primary N) is 2. The number of nitrogens with zero attached hydrogens (tertiary/aromatic N) is 2. The highest BCUT2D eigenvalue weighted by molar-refractivity contribution is 6.30. The SMILES string of the molecule is CNC(/C(N)=C/N(N)C1CCN(C2CCC2)CC1)c1ccc(Cl)cc1. The molecule has 1 aliphatic heterocycles. The lowest BCUT2D eigenvalue weighted by Crippen LogP contribution is -2.50. The fourth-order valence-corrected chi connectivity index (χ4v) is 3.96. The minimum absolute atomic E-state index is 0.0709. The second-order valence-corrected chi connectivity index (χ2v) is 7.64. The van der Waals surface area contributed by atoms with Crippen LogP contribution < -0.4 is 16.9 Å². The molecule has 0 spiro atoms. The zero-order valence-corrected chi connectivity index (χ0v) is 15.8. The van der Waals surface area contributed by atoms with Crippen molar-refractivity contribution in [1.29, 1.82) is 0 Å². The summed E-state index contributed by atoms with van der Waals surface area (Å²) in [5, 5.41) is 5.79. The summed E-state index contributed by atoms with van der Waals surface area (Å²) in [5.74, 6) is 6.32. The van der Waals surface area contributed by atoms with E-state index >= 15 is 0 Å². The Kier molecular flexibility index (Phi) is 6.23. The standard InChI is InChI=1S/C19H30ClN5/c1-23-19(14-5-7-15(20)8-6-14)18(21)13-25(22)17-9-11-24(12-10-17)16-3-2-4-16/h5-8,13,16-17,19,23H,2-4,9-12,21-22H2,1H3/b18-13-. The first-order valence-corrected chi connectivity index (χ1v) is 9.63. The molecule has 1 heterocycles. The Morgan fingerprint density at radius 3 is 2.40 bits per heavy atom. The van der Waals surface area contributed by atoms with Crippen molar-refractivity contribution in [1.82, 2.24) is 15.2 Å². The zero-order chi connectivity index (χ0) is 17.8. The normalized spacial score (nSPS) is 21.8. The van der Waals surface area contributed by atoms with E-state index in [1.54, 1.807) is 0 Å². The molecular weight excluding hydrogens is 334 g/mol. The lowest BCUT2D eigenvalue weighted by Gasteiger charge is -2.43. The van der Waals surface area contributed by atoms with Gasteiger partial charge in [0.1, 0.15) is 0 Å². The summed E-state index contributed by atoms with van der Waals surface area (Å²) in [7, 11) is 1.90. The van der Waals surface area contributed by atoms with E-state index in [4.69, 9.17) is 23.2 Å². The average molecular weight is 364 g/mol. The van der Waals surface area contributed by atoms with Gasteiger partial charge in [-0.25, -0.2) is 5.84 Å². The van der Waals surface area contributed by atoms with Crippen LogP contribution in [-0.2, 0) is 0 Å². The van der Waals surface area contributed by atoms with Crippen molar-refractivity contribution in [2.75, 3.05) is 20.1 Å². The minimum atomic E-state index is -0.0709. The number of hydrogen-bond donors (Lipinski definition) is 3. The molecule has 0 aromatic heterocycles. The first-order valence-electron chi connectivity index (χ1n) is 9.25. The third-order valence-electron chi connectivity index (χ3n) is 5.64. The van der Waals surface area contributed by atoms with Crippen LogP contribution in [0.2, 0.25) is 5.02 Å². The van der Waals surface area contributed by atoms with Gasteiger partial charge in [-0.3, -0.25) is 0 Å². The highest BCUT2D eigenvalue weighted by Crippen LogP contribution is 2.28. The maximum absolute atomic E-state index is 6.35. The number of hydrogen-bond acceptors (Lipinski definition) is 5. The molecule has 2 fully saturated rings. The first-order chi connectivity index (χ1) is 12.1. The van der Waals surface area contributed by atoms with Crippen molar-refractivity contribution in [3.63, 3.8) is 0 Å². The molecule has 5 nitrogen and oxygen atoms in total. The number of likely N-dealkylation sites (tertiary alicyclic amines) is 1. The quantitative estimate of drug-likeness (QED) is 0.535. The summed E-state index contributed by atoms with van der Waals surface area (Å²) >= 11 is 5.98. The lowest BCUT2D eigenvalue weighted by molar-refractivity contribution is 0.0700. The second-order valence-electron chi connectivity index (χ2n) is 7.20. The van der Waals surface area contributed by atoms with Gasteiger partial charge >= 0.3 is 0 Å². The van der Waals surface area contributed by atoms with Crippen molar-refractivity contribution in [3.05, 3.63) is 46.7 Å². The van der Waals surface area contributed by atoms with Crippen LogP contribution in [0.25, 0.3) is 0 Å². The molecule has 138 valence electrons. The summed E-state index contributed by atoms with van der Waals surface area (Å²) < 4.78 is 0. The largest absolute Gasteiger partial charge is 0.399 e. The molecule has 3 rings (SSSR count). The number of nitrogens with one attached hydrogen (secondary N) is 1. The van der Waals surface area contributed by atoms with Crippen LogP contribution in [0.5, 0.6) is 0 Å². The van der Waals surface area contributed by atoms with E-state index in [0.29, 0.717) is 11.7 Å². The Morgan fingerprint density at radius 1 is 1.24 bits per heavy atom. The van der Waals surface area contributed by atoms with Crippen molar-refractivity contribution in [2.45, 2.75) is 50.2 Å².